The van der Waals surface area contributed by atoms with Gasteiger partial charge in [0.1, 0.15) is 11.5 Å². The molecule has 1 aromatic heterocycles. The van der Waals surface area contributed by atoms with E-state index in [1.165, 1.54) is 0 Å². The number of aryl methyl sites for hydroxylation is 2. The Balaban J connectivity index is 1.67. The van der Waals surface area contributed by atoms with Crippen LogP contribution < -0.4 is 5.32 Å². The molecule has 1 amide bonds. The number of likely N-dealkylation sites (tertiary alicyclic amines) is 1. The number of β-amino-alcohol motifs (C(OH)–C–C–N with tert-alkyl or cyclic N) is 1. The number of furan rings is 1. The molecule has 1 aliphatic heterocycles. The zero-order valence-electron chi connectivity index (χ0n) is 14.2. The van der Waals surface area contributed by atoms with E-state index in [1.807, 2.05) is 44.2 Å². The molecule has 2 aromatic rings. The summed E-state index contributed by atoms with van der Waals surface area (Å²) in [5.41, 5.74) is 2.66. The topological polar surface area (TPSA) is 65.7 Å². The van der Waals surface area contributed by atoms with Gasteiger partial charge in [0.15, 0.2) is 0 Å². The van der Waals surface area contributed by atoms with Crippen LogP contribution in [-0.4, -0.2) is 35.1 Å². The molecule has 5 nitrogen and oxygen atoms in total. The summed E-state index contributed by atoms with van der Waals surface area (Å²) in [5.74, 6) is 1.79. The first-order valence-corrected chi connectivity index (χ1v) is 8.40. The molecule has 0 aliphatic carbocycles. The van der Waals surface area contributed by atoms with E-state index in [2.05, 4.69) is 5.32 Å². The number of nitrogens with zero attached hydrogens (tertiary/aromatic N) is 1. The fourth-order valence-corrected chi connectivity index (χ4v) is 3.14. The highest BCUT2D eigenvalue weighted by Gasteiger charge is 2.23. The average Bonchev–Trinajstić information content (AvgIpc) is 2.90. The summed E-state index contributed by atoms with van der Waals surface area (Å²) in [6, 6.07) is 9.54. The Labute approximate surface area is 142 Å². The van der Waals surface area contributed by atoms with Crippen LogP contribution in [0.15, 0.2) is 34.7 Å². The monoisotopic (exact) mass is 328 g/mol. The summed E-state index contributed by atoms with van der Waals surface area (Å²) in [7, 11) is 0. The molecule has 0 radical (unpaired) electrons. The highest BCUT2D eigenvalue weighted by Crippen LogP contribution is 2.19. The minimum absolute atomic E-state index is 0.0206. The Hall–Kier alpha value is -2.27. The van der Waals surface area contributed by atoms with Crippen LogP contribution in [0.25, 0.3) is 0 Å². The van der Waals surface area contributed by atoms with Gasteiger partial charge in [-0.1, -0.05) is 6.07 Å². The number of piperidine rings is 1. The van der Waals surface area contributed by atoms with Gasteiger partial charge in [0.2, 0.25) is 0 Å². The van der Waals surface area contributed by atoms with Crippen LogP contribution in [-0.2, 0) is 6.54 Å². The summed E-state index contributed by atoms with van der Waals surface area (Å²) < 4.78 is 5.53. The maximum Gasteiger partial charge on any atom is 0.254 e. The molecule has 1 unspecified atom stereocenters. The van der Waals surface area contributed by atoms with E-state index in [0.29, 0.717) is 25.2 Å². The largest absolute Gasteiger partial charge is 0.466 e. The fourth-order valence-electron chi connectivity index (χ4n) is 3.14. The first-order valence-electron chi connectivity index (χ1n) is 8.40. The van der Waals surface area contributed by atoms with Crippen molar-refractivity contribution in [1.82, 2.24) is 4.90 Å². The van der Waals surface area contributed by atoms with Crippen molar-refractivity contribution >= 4 is 11.6 Å². The molecular weight excluding hydrogens is 304 g/mol. The molecule has 0 saturated carbocycles. The summed E-state index contributed by atoms with van der Waals surface area (Å²) >= 11 is 0. The number of aliphatic hydroxyl groups is 1. The smallest absolute Gasteiger partial charge is 0.254 e. The van der Waals surface area contributed by atoms with Crippen LogP contribution >= 0.6 is 0 Å². The van der Waals surface area contributed by atoms with Gasteiger partial charge in [0.25, 0.3) is 5.91 Å². The molecular formula is C19H24N2O3. The molecule has 1 fully saturated rings. The predicted octanol–water partition coefficient (Wildman–Crippen LogP) is 3.11. The van der Waals surface area contributed by atoms with Gasteiger partial charge in [-0.15, -0.1) is 0 Å². The van der Waals surface area contributed by atoms with E-state index >= 15 is 0 Å². The van der Waals surface area contributed by atoms with Crippen molar-refractivity contribution in [2.75, 3.05) is 18.4 Å². The van der Waals surface area contributed by atoms with Crippen LogP contribution in [0.5, 0.6) is 0 Å². The summed E-state index contributed by atoms with van der Waals surface area (Å²) in [6.07, 6.45) is 1.22. The highest BCUT2D eigenvalue weighted by molar-refractivity contribution is 5.95. The molecule has 2 N–H and O–H groups in total. The van der Waals surface area contributed by atoms with Gasteiger partial charge in [-0.3, -0.25) is 4.79 Å². The Kier molecular flexibility index (Phi) is 4.90. The number of carbonyl (C=O) groups excluding carboxylic acids is 1. The molecule has 1 aliphatic rings. The highest BCUT2D eigenvalue weighted by atomic mass is 16.3. The van der Waals surface area contributed by atoms with Crippen LogP contribution in [0.4, 0.5) is 5.69 Å². The van der Waals surface area contributed by atoms with Gasteiger partial charge in [-0.25, -0.2) is 0 Å². The van der Waals surface area contributed by atoms with E-state index in [0.717, 1.165) is 35.6 Å². The van der Waals surface area contributed by atoms with Gasteiger partial charge in [0, 0.05) is 36.4 Å². The van der Waals surface area contributed by atoms with Crippen LogP contribution in [0.1, 0.15) is 40.3 Å². The lowest BCUT2D eigenvalue weighted by atomic mass is 10.1. The minimum Gasteiger partial charge on any atom is -0.466 e. The number of amides is 1. The average molecular weight is 328 g/mol. The van der Waals surface area contributed by atoms with Crippen molar-refractivity contribution in [3.05, 3.63) is 53.0 Å². The molecule has 1 atom stereocenters. The van der Waals surface area contributed by atoms with Gasteiger partial charge in [-0.2, -0.15) is 0 Å². The van der Waals surface area contributed by atoms with Gasteiger partial charge in [-0.05, 0) is 51.0 Å². The Bertz CT molecular complexity index is 723. The second-order valence-electron chi connectivity index (χ2n) is 6.42. The SMILES string of the molecule is Cc1cc(CNc2cccc(C(=O)N3CCCC(O)C3)c2)c(C)o1. The van der Waals surface area contributed by atoms with Gasteiger partial charge in [0.05, 0.1) is 6.10 Å². The Morgan fingerprint density at radius 2 is 2.21 bits per heavy atom. The van der Waals surface area contributed by atoms with Crippen molar-refractivity contribution in [1.29, 1.82) is 0 Å². The maximum atomic E-state index is 12.6. The third-order valence-electron chi connectivity index (χ3n) is 4.42. The fraction of sp³-hybridized carbons (Fsp3) is 0.421. The number of carbonyl (C=O) groups is 1. The lowest BCUT2D eigenvalue weighted by molar-refractivity contribution is 0.0474. The summed E-state index contributed by atoms with van der Waals surface area (Å²) in [5, 5.41) is 13.1. The molecule has 0 spiro atoms. The van der Waals surface area contributed by atoms with E-state index < -0.39 is 6.10 Å². The number of nitrogens with one attached hydrogen (secondary N) is 1. The lowest BCUT2D eigenvalue weighted by Gasteiger charge is -2.30. The Morgan fingerprint density at radius 3 is 2.92 bits per heavy atom. The van der Waals surface area contributed by atoms with E-state index in [4.69, 9.17) is 4.42 Å². The molecule has 1 saturated heterocycles. The van der Waals surface area contributed by atoms with Crippen LogP contribution in [0.2, 0.25) is 0 Å². The lowest BCUT2D eigenvalue weighted by Crippen LogP contribution is -2.42. The standard InChI is InChI=1S/C19H24N2O3/c1-13-9-16(14(2)24-13)11-20-17-6-3-5-15(10-17)19(23)21-8-4-7-18(22)12-21/h3,5-6,9-10,18,20,22H,4,7-8,11-12H2,1-2H3. The quantitative estimate of drug-likeness (QED) is 0.905. The minimum atomic E-state index is -0.406. The first-order chi connectivity index (χ1) is 11.5. The number of benzene rings is 1. The van der Waals surface area contributed by atoms with Gasteiger partial charge >= 0.3 is 0 Å². The van der Waals surface area contributed by atoms with Crippen molar-refractivity contribution in [3.63, 3.8) is 0 Å². The number of rotatable bonds is 4. The number of hydrogen-bond donors (Lipinski definition) is 2. The molecule has 24 heavy (non-hydrogen) atoms. The maximum absolute atomic E-state index is 12.6. The number of hydrogen-bond acceptors (Lipinski definition) is 4. The number of anilines is 1. The molecule has 0 bridgehead atoms. The van der Waals surface area contributed by atoms with Gasteiger partial charge < -0.3 is 19.7 Å². The second-order valence-corrected chi connectivity index (χ2v) is 6.42. The normalized spacial score (nSPS) is 17.8. The van der Waals surface area contributed by atoms with Crippen molar-refractivity contribution in [3.8, 4) is 0 Å². The zero-order chi connectivity index (χ0) is 17.1. The van der Waals surface area contributed by atoms with Crippen LogP contribution in [0, 0.1) is 13.8 Å². The third kappa shape index (κ3) is 3.79. The summed E-state index contributed by atoms with van der Waals surface area (Å²) in [6.45, 7) is 5.67. The van der Waals surface area contributed by atoms with E-state index in [1.54, 1.807) is 4.90 Å². The van der Waals surface area contributed by atoms with Crippen LogP contribution in [0.3, 0.4) is 0 Å². The van der Waals surface area contributed by atoms with E-state index in [-0.39, 0.29) is 5.91 Å². The molecule has 3 rings (SSSR count). The molecule has 128 valence electrons. The summed E-state index contributed by atoms with van der Waals surface area (Å²) in [4.78, 5) is 14.3. The predicted molar refractivity (Wildman–Crippen MR) is 93.1 cm³/mol. The van der Waals surface area contributed by atoms with Crippen molar-refractivity contribution in [2.45, 2.75) is 39.3 Å². The van der Waals surface area contributed by atoms with E-state index in [9.17, 15) is 9.90 Å². The third-order valence-corrected chi connectivity index (χ3v) is 4.42. The van der Waals surface area contributed by atoms with Crippen molar-refractivity contribution < 1.29 is 14.3 Å². The Morgan fingerprint density at radius 1 is 1.38 bits per heavy atom. The second kappa shape index (κ2) is 7.09. The van der Waals surface area contributed by atoms with Crippen molar-refractivity contribution in [2.24, 2.45) is 0 Å². The number of aliphatic hydroxyl groups excluding tert-OH is 1. The first kappa shape index (κ1) is 16.6. The zero-order valence-corrected chi connectivity index (χ0v) is 14.2. The molecule has 5 heteroatoms. The molecule has 1 aromatic carbocycles. The molecule has 2 heterocycles.